The predicted octanol–water partition coefficient (Wildman–Crippen LogP) is 4.15. The molecule has 3 N–H and O–H groups in total. The number of nitrogens with one attached hydrogen (secondary N) is 3. The van der Waals surface area contributed by atoms with Crippen LogP contribution in [0.5, 0.6) is 5.75 Å². The molecule has 31 heavy (non-hydrogen) atoms. The first-order valence-electron chi connectivity index (χ1n) is 9.79. The number of carbonyl (C=O) groups is 2. The minimum absolute atomic E-state index is 0.0135. The van der Waals surface area contributed by atoms with Crippen LogP contribution in [0.3, 0.4) is 0 Å². The zero-order valence-corrected chi connectivity index (χ0v) is 19.4. The number of nitrogens with zero attached hydrogens (tertiary/aromatic N) is 1. The number of halogens is 1. The number of hydrogen-bond acceptors (Lipinski definition) is 5. The highest BCUT2D eigenvalue weighted by molar-refractivity contribution is 7.80. The maximum Gasteiger partial charge on any atom is 0.257 e. The number of amides is 2. The molecule has 0 aliphatic rings. The van der Waals surface area contributed by atoms with Crippen LogP contribution in [-0.2, 0) is 4.79 Å². The molecule has 0 saturated heterocycles. The summed E-state index contributed by atoms with van der Waals surface area (Å²) in [5.74, 6) is 0.0836. The lowest BCUT2D eigenvalue weighted by Crippen LogP contribution is -2.34. The molecule has 2 aromatic rings. The van der Waals surface area contributed by atoms with E-state index in [0.29, 0.717) is 34.1 Å². The molecule has 9 heteroatoms. The zero-order chi connectivity index (χ0) is 22.8. The fraction of sp³-hybridized carbons (Fsp3) is 0.318. The molecule has 0 aliphatic heterocycles. The summed E-state index contributed by atoms with van der Waals surface area (Å²) < 4.78 is 5.08. The number of thiocarbonyl (C=S) groups is 1. The van der Waals surface area contributed by atoms with Gasteiger partial charge in [0, 0.05) is 23.4 Å². The third-order valence-corrected chi connectivity index (χ3v) is 4.83. The topological polar surface area (TPSA) is 82.7 Å². The van der Waals surface area contributed by atoms with Gasteiger partial charge in [-0.1, -0.05) is 11.6 Å². The Hall–Kier alpha value is -2.68. The Labute approximate surface area is 193 Å². The molecule has 0 fully saturated rings. The number of carbonyl (C=O) groups excluding carboxylic acids is 2. The van der Waals surface area contributed by atoms with Crippen molar-refractivity contribution in [1.29, 1.82) is 0 Å². The van der Waals surface area contributed by atoms with Crippen molar-refractivity contribution < 1.29 is 14.3 Å². The molecule has 2 amide bonds. The van der Waals surface area contributed by atoms with E-state index in [1.165, 1.54) is 13.2 Å². The summed E-state index contributed by atoms with van der Waals surface area (Å²) >= 11 is 11.3. The Kier molecular flexibility index (Phi) is 9.71. The van der Waals surface area contributed by atoms with Gasteiger partial charge in [-0.2, -0.15) is 0 Å². The lowest BCUT2D eigenvalue weighted by molar-refractivity contribution is -0.116. The van der Waals surface area contributed by atoms with Gasteiger partial charge in [0.2, 0.25) is 5.91 Å². The van der Waals surface area contributed by atoms with Crippen LogP contribution in [0, 0.1) is 0 Å². The van der Waals surface area contributed by atoms with Crippen LogP contribution in [-0.4, -0.2) is 49.6 Å². The van der Waals surface area contributed by atoms with E-state index in [2.05, 4.69) is 20.9 Å². The molecule has 0 unspecified atom stereocenters. The minimum Gasteiger partial charge on any atom is -0.495 e. The van der Waals surface area contributed by atoms with E-state index in [0.717, 1.165) is 19.4 Å². The molecular weight excluding hydrogens is 436 g/mol. The van der Waals surface area contributed by atoms with Crippen molar-refractivity contribution in [3.63, 3.8) is 0 Å². The molecule has 166 valence electrons. The first kappa shape index (κ1) is 24.6. The summed E-state index contributed by atoms with van der Waals surface area (Å²) in [6, 6.07) is 11.8. The number of anilines is 2. The quantitative estimate of drug-likeness (QED) is 0.383. The molecule has 0 spiro atoms. The van der Waals surface area contributed by atoms with E-state index in [1.54, 1.807) is 36.4 Å². The lowest BCUT2D eigenvalue weighted by Gasteiger charge is -2.12. The van der Waals surface area contributed by atoms with Crippen LogP contribution < -0.4 is 20.7 Å². The zero-order valence-electron chi connectivity index (χ0n) is 17.8. The highest BCUT2D eigenvalue weighted by atomic mass is 35.5. The van der Waals surface area contributed by atoms with Gasteiger partial charge >= 0.3 is 0 Å². The standard InChI is InChI=1S/C22H27ClN4O3S/c1-27(2)13-5-4-6-20(28)24-16-8-10-17(11-9-16)25-22(31)26-21(29)15-7-12-19(30-3)18(23)14-15/h7-12,14H,4-6,13H2,1-3H3,(H,24,28)(H2,25,26,29,31). The fourth-order valence-corrected chi connectivity index (χ4v) is 3.19. The van der Waals surface area contributed by atoms with Crippen LogP contribution in [0.2, 0.25) is 5.02 Å². The van der Waals surface area contributed by atoms with Gasteiger partial charge in [-0.25, -0.2) is 0 Å². The molecule has 0 bridgehead atoms. The third-order valence-electron chi connectivity index (χ3n) is 4.33. The van der Waals surface area contributed by atoms with Crippen molar-refractivity contribution in [1.82, 2.24) is 10.2 Å². The number of hydrogen-bond donors (Lipinski definition) is 3. The number of methoxy groups -OCH3 is 1. The van der Waals surface area contributed by atoms with E-state index in [9.17, 15) is 9.59 Å². The largest absolute Gasteiger partial charge is 0.495 e. The second kappa shape index (κ2) is 12.2. The molecule has 0 saturated carbocycles. The molecule has 0 heterocycles. The van der Waals surface area contributed by atoms with Crippen LogP contribution in [0.25, 0.3) is 0 Å². The van der Waals surface area contributed by atoms with Gasteiger partial charge in [0.05, 0.1) is 12.1 Å². The second-order valence-electron chi connectivity index (χ2n) is 7.14. The summed E-state index contributed by atoms with van der Waals surface area (Å²) in [6.07, 6.45) is 2.31. The van der Waals surface area contributed by atoms with Crippen LogP contribution in [0.4, 0.5) is 11.4 Å². The fourth-order valence-electron chi connectivity index (χ4n) is 2.72. The van der Waals surface area contributed by atoms with Crippen LogP contribution >= 0.6 is 23.8 Å². The molecule has 0 atom stereocenters. The number of rotatable bonds is 9. The van der Waals surface area contributed by atoms with Crippen LogP contribution in [0.15, 0.2) is 42.5 Å². The summed E-state index contributed by atoms with van der Waals surface area (Å²) in [5.41, 5.74) is 1.74. The Bertz CT molecular complexity index is 919. The SMILES string of the molecule is COc1ccc(C(=O)NC(=S)Nc2ccc(NC(=O)CCCCN(C)C)cc2)cc1Cl. The Morgan fingerprint density at radius 3 is 2.26 bits per heavy atom. The summed E-state index contributed by atoms with van der Waals surface area (Å²) in [5, 5.41) is 8.90. The number of benzene rings is 2. The van der Waals surface area contributed by atoms with Crippen LogP contribution in [0.1, 0.15) is 29.6 Å². The minimum atomic E-state index is -0.389. The number of unbranched alkanes of at least 4 members (excludes halogenated alkanes) is 1. The van der Waals surface area contributed by atoms with Gasteiger partial charge < -0.3 is 20.3 Å². The predicted molar refractivity (Wildman–Crippen MR) is 129 cm³/mol. The highest BCUT2D eigenvalue weighted by Gasteiger charge is 2.11. The van der Waals surface area contributed by atoms with E-state index in [-0.39, 0.29) is 16.9 Å². The van der Waals surface area contributed by atoms with Gasteiger partial charge in [0.1, 0.15) is 5.75 Å². The Morgan fingerprint density at radius 2 is 1.68 bits per heavy atom. The normalized spacial score (nSPS) is 10.5. The molecular formula is C22H27ClN4O3S. The van der Waals surface area contributed by atoms with E-state index < -0.39 is 0 Å². The molecule has 0 aliphatic carbocycles. The molecule has 7 nitrogen and oxygen atoms in total. The Balaban J connectivity index is 1.81. The molecule has 0 aromatic heterocycles. The third kappa shape index (κ3) is 8.53. The molecule has 2 aromatic carbocycles. The van der Waals surface area contributed by atoms with Gasteiger partial charge in [-0.15, -0.1) is 0 Å². The van der Waals surface area contributed by atoms with Crippen molar-refractivity contribution in [3.8, 4) is 5.75 Å². The average Bonchev–Trinajstić information content (AvgIpc) is 2.72. The van der Waals surface area contributed by atoms with Crippen molar-refractivity contribution in [2.45, 2.75) is 19.3 Å². The highest BCUT2D eigenvalue weighted by Crippen LogP contribution is 2.24. The first-order chi connectivity index (χ1) is 14.8. The van der Waals surface area contributed by atoms with Gasteiger partial charge in [-0.3, -0.25) is 14.9 Å². The average molecular weight is 463 g/mol. The van der Waals surface area contributed by atoms with E-state index in [4.69, 9.17) is 28.6 Å². The van der Waals surface area contributed by atoms with Crippen molar-refractivity contribution in [3.05, 3.63) is 53.1 Å². The first-order valence-corrected chi connectivity index (χ1v) is 10.6. The summed E-state index contributed by atoms with van der Waals surface area (Å²) in [7, 11) is 5.53. The summed E-state index contributed by atoms with van der Waals surface area (Å²) in [4.78, 5) is 26.4. The summed E-state index contributed by atoms with van der Waals surface area (Å²) in [6.45, 7) is 0.968. The maximum absolute atomic E-state index is 12.3. The monoisotopic (exact) mass is 462 g/mol. The van der Waals surface area contributed by atoms with Gasteiger partial charge in [-0.05, 0) is 88.2 Å². The number of ether oxygens (including phenoxy) is 1. The van der Waals surface area contributed by atoms with E-state index in [1.807, 2.05) is 14.1 Å². The van der Waals surface area contributed by atoms with Gasteiger partial charge in [0.25, 0.3) is 5.91 Å². The Morgan fingerprint density at radius 1 is 1.03 bits per heavy atom. The van der Waals surface area contributed by atoms with Gasteiger partial charge in [0.15, 0.2) is 5.11 Å². The van der Waals surface area contributed by atoms with Crippen molar-refractivity contribution in [2.75, 3.05) is 38.4 Å². The van der Waals surface area contributed by atoms with E-state index >= 15 is 0 Å². The maximum atomic E-state index is 12.3. The molecule has 0 radical (unpaired) electrons. The van der Waals surface area contributed by atoms with Crippen molar-refractivity contribution >= 4 is 52.1 Å². The van der Waals surface area contributed by atoms with Crippen molar-refractivity contribution in [2.24, 2.45) is 0 Å². The smallest absolute Gasteiger partial charge is 0.257 e. The lowest BCUT2D eigenvalue weighted by atomic mass is 10.2. The second-order valence-corrected chi connectivity index (χ2v) is 7.96. The molecule has 2 rings (SSSR count).